The molecule has 0 atom stereocenters. The summed E-state index contributed by atoms with van der Waals surface area (Å²) in [6.07, 6.45) is 7.05. The van der Waals surface area contributed by atoms with Crippen LogP contribution >= 0.6 is 0 Å². The maximum atomic E-state index is 4.03. The molecule has 0 aliphatic carbocycles. The Morgan fingerprint density at radius 2 is 2.00 bits per heavy atom. The first-order valence-electron chi connectivity index (χ1n) is 4.59. The molecule has 0 rings (SSSR count). The maximum Gasteiger partial charge on any atom is -0.0280 e. The van der Waals surface area contributed by atoms with Gasteiger partial charge in [-0.1, -0.05) is 38.5 Å². The van der Waals surface area contributed by atoms with Gasteiger partial charge in [0, 0.05) is 0 Å². The van der Waals surface area contributed by atoms with E-state index >= 15 is 0 Å². The Bertz CT molecular complexity index is 140. The van der Waals surface area contributed by atoms with Crippen molar-refractivity contribution in [3.8, 4) is 0 Å². The first-order chi connectivity index (χ1) is 5.26. The fraction of sp³-hybridized carbons (Fsp3) is 0.636. The molecule has 11 heavy (non-hydrogen) atoms. The van der Waals surface area contributed by atoms with Crippen LogP contribution in [0.15, 0.2) is 23.8 Å². The van der Waals surface area contributed by atoms with Crippen molar-refractivity contribution in [2.24, 2.45) is 0 Å². The van der Waals surface area contributed by atoms with Crippen LogP contribution in [-0.2, 0) is 0 Å². The van der Waals surface area contributed by atoms with Gasteiger partial charge in [-0.25, -0.2) is 0 Å². The Hall–Kier alpha value is -0.520. The molecule has 0 saturated carbocycles. The second-order valence-electron chi connectivity index (χ2n) is 2.87. The summed E-state index contributed by atoms with van der Waals surface area (Å²) in [6.45, 7) is 10.5. The highest BCUT2D eigenvalue weighted by Gasteiger charge is 1.97. The van der Waals surface area contributed by atoms with Crippen LogP contribution in [0, 0.1) is 0 Å². The molecule has 0 aromatic rings. The molecular formula is C11H20. The predicted molar refractivity (Wildman–Crippen MR) is 52.7 cm³/mol. The average molecular weight is 152 g/mol. The van der Waals surface area contributed by atoms with E-state index in [1.807, 2.05) is 0 Å². The van der Waals surface area contributed by atoms with E-state index in [1.54, 1.807) is 0 Å². The largest absolute Gasteiger partial charge is 0.0956 e. The Balaban J connectivity index is 3.87. The van der Waals surface area contributed by atoms with Gasteiger partial charge in [0.25, 0.3) is 0 Å². The molecule has 0 amide bonds. The van der Waals surface area contributed by atoms with E-state index in [-0.39, 0.29) is 0 Å². The molecule has 64 valence electrons. The summed E-state index contributed by atoms with van der Waals surface area (Å²) in [5.41, 5.74) is 2.76. The summed E-state index contributed by atoms with van der Waals surface area (Å²) < 4.78 is 0. The lowest BCUT2D eigenvalue weighted by Crippen LogP contribution is -1.86. The van der Waals surface area contributed by atoms with Gasteiger partial charge in [-0.2, -0.15) is 0 Å². The van der Waals surface area contributed by atoms with Gasteiger partial charge in [-0.05, 0) is 31.8 Å². The topological polar surface area (TPSA) is 0 Å². The minimum atomic E-state index is 1.09. The normalized spacial score (nSPS) is 11.7. The minimum Gasteiger partial charge on any atom is -0.0956 e. The lowest BCUT2D eigenvalue weighted by Gasteiger charge is -2.06. The van der Waals surface area contributed by atoms with Gasteiger partial charge in [0.05, 0.1) is 0 Å². The first kappa shape index (κ1) is 10.5. The highest BCUT2D eigenvalue weighted by Crippen LogP contribution is 2.17. The fourth-order valence-corrected chi connectivity index (χ4v) is 1.12. The van der Waals surface area contributed by atoms with Crippen molar-refractivity contribution in [3.05, 3.63) is 23.8 Å². The van der Waals surface area contributed by atoms with E-state index in [0.717, 1.165) is 6.42 Å². The van der Waals surface area contributed by atoms with Crippen LogP contribution in [0.25, 0.3) is 0 Å². The lowest BCUT2D eigenvalue weighted by molar-refractivity contribution is 0.785. The SMILES string of the molecule is C=C(CC)/C(=C/C)CCCC. The molecule has 0 fully saturated rings. The van der Waals surface area contributed by atoms with Crippen LogP contribution in [0.3, 0.4) is 0 Å². The third-order valence-corrected chi connectivity index (χ3v) is 2.03. The number of allylic oxidation sites excluding steroid dienone is 3. The number of hydrogen-bond acceptors (Lipinski definition) is 0. The molecule has 0 unspecified atom stereocenters. The van der Waals surface area contributed by atoms with E-state index in [0.29, 0.717) is 0 Å². The van der Waals surface area contributed by atoms with Crippen molar-refractivity contribution >= 4 is 0 Å². The lowest BCUT2D eigenvalue weighted by atomic mass is 10.00. The summed E-state index contributed by atoms with van der Waals surface area (Å²) in [5, 5.41) is 0. The molecule has 0 aromatic heterocycles. The molecule has 0 N–H and O–H groups in total. The van der Waals surface area contributed by atoms with Gasteiger partial charge in [-0.15, -0.1) is 0 Å². The summed E-state index contributed by atoms with van der Waals surface area (Å²) in [5.74, 6) is 0. The molecule has 0 aromatic carbocycles. The summed E-state index contributed by atoms with van der Waals surface area (Å²) in [6, 6.07) is 0. The number of hydrogen-bond donors (Lipinski definition) is 0. The van der Waals surface area contributed by atoms with Crippen molar-refractivity contribution in [3.63, 3.8) is 0 Å². The third kappa shape index (κ3) is 4.02. The molecule has 0 nitrogen and oxygen atoms in total. The quantitative estimate of drug-likeness (QED) is 0.520. The van der Waals surface area contributed by atoms with E-state index in [2.05, 4.69) is 33.4 Å². The van der Waals surface area contributed by atoms with Gasteiger partial charge in [0.15, 0.2) is 0 Å². The molecule has 0 aliphatic heterocycles. The van der Waals surface area contributed by atoms with E-state index in [9.17, 15) is 0 Å². The van der Waals surface area contributed by atoms with Gasteiger partial charge < -0.3 is 0 Å². The zero-order chi connectivity index (χ0) is 8.69. The average Bonchev–Trinajstić information content (AvgIpc) is 2.05. The zero-order valence-electron chi connectivity index (χ0n) is 8.11. The molecule has 0 spiro atoms. The minimum absolute atomic E-state index is 1.09. The zero-order valence-corrected chi connectivity index (χ0v) is 8.11. The van der Waals surface area contributed by atoms with Crippen molar-refractivity contribution in [2.75, 3.05) is 0 Å². The maximum absolute atomic E-state index is 4.03. The van der Waals surface area contributed by atoms with Crippen LogP contribution in [0.4, 0.5) is 0 Å². The molecule has 0 radical (unpaired) electrons. The van der Waals surface area contributed by atoms with Gasteiger partial charge in [0.2, 0.25) is 0 Å². The molecule has 0 heteroatoms. The Labute approximate surface area is 71.0 Å². The van der Waals surface area contributed by atoms with Crippen LogP contribution < -0.4 is 0 Å². The van der Waals surface area contributed by atoms with Crippen molar-refractivity contribution in [1.29, 1.82) is 0 Å². The molecular weight excluding hydrogens is 132 g/mol. The first-order valence-corrected chi connectivity index (χ1v) is 4.59. The summed E-state index contributed by atoms with van der Waals surface area (Å²) in [7, 11) is 0. The monoisotopic (exact) mass is 152 g/mol. The van der Waals surface area contributed by atoms with Crippen LogP contribution in [-0.4, -0.2) is 0 Å². The molecule has 0 heterocycles. The third-order valence-electron chi connectivity index (χ3n) is 2.03. The van der Waals surface area contributed by atoms with Crippen LogP contribution in [0.1, 0.15) is 46.5 Å². The molecule has 0 bridgehead atoms. The van der Waals surface area contributed by atoms with Gasteiger partial charge in [0.1, 0.15) is 0 Å². The van der Waals surface area contributed by atoms with E-state index in [1.165, 1.54) is 30.4 Å². The Morgan fingerprint density at radius 3 is 2.36 bits per heavy atom. The van der Waals surface area contributed by atoms with E-state index < -0.39 is 0 Å². The second-order valence-corrected chi connectivity index (χ2v) is 2.87. The van der Waals surface area contributed by atoms with Crippen molar-refractivity contribution in [1.82, 2.24) is 0 Å². The highest BCUT2D eigenvalue weighted by atomic mass is 14.0. The van der Waals surface area contributed by atoms with Crippen molar-refractivity contribution in [2.45, 2.75) is 46.5 Å². The fourth-order valence-electron chi connectivity index (χ4n) is 1.12. The van der Waals surface area contributed by atoms with Crippen LogP contribution in [0.2, 0.25) is 0 Å². The summed E-state index contributed by atoms with van der Waals surface area (Å²) in [4.78, 5) is 0. The van der Waals surface area contributed by atoms with E-state index in [4.69, 9.17) is 0 Å². The molecule has 0 saturated heterocycles. The Morgan fingerprint density at radius 1 is 1.36 bits per heavy atom. The standard InChI is InChI=1S/C11H20/c1-5-8-9-11(7-3)10(4)6-2/h7H,4-6,8-9H2,1-3H3/b11-7+. The van der Waals surface area contributed by atoms with Gasteiger partial charge in [-0.3, -0.25) is 0 Å². The summed E-state index contributed by atoms with van der Waals surface area (Å²) >= 11 is 0. The predicted octanol–water partition coefficient (Wildman–Crippen LogP) is 4.09. The van der Waals surface area contributed by atoms with Crippen molar-refractivity contribution < 1.29 is 0 Å². The number of unbranched alkanes of at least 4 members (excludes halogenated alkanes) is 1. The van der Waals surface area contributed by atoms with Gasteiger partial charge >= 0.3 is 0 Å². The second kappa shape index (κ2) is 6.21. The highest BCUT2D eigenvalue weighted by molar-refractivity contribution is 5.26. The van der Waals surface area contributed by atoms with Crippen LogP contribution in [0.5, 0.6) is 0 Å². The smallest absolute Gasteiger partial charge is 0.0280 e. The molecule has 0 aliphatic rings. The number of rotatable bonds is 5. The Kier molecular flexibility index (Phi) is 5.91.